The van der Waals surface area contributed by atoms with Crippen LogP contribution >= 0.6 is 0 Å². The summed E-state index contributed by atoms with van der Waals surface area (Å²) in [4.78, 5) is 30.5. The van der Waals surface area contributed by atoms with Gasteiger partial charge in [0.1, 0.15) is 5.82 Å². The van der Waals surface area contributed by atoms with Gasteiger partial charge in [-0.2, -0.15) is 0 Å². The highest BCUT2D eigenvalue weighted by atomic mass is 16.6. The maximum absolute atomic E-state index is 12.5. The summed E-state index contributed by atoms with van der Waals surface area (Å²) in [5, 5.41) is 13.7. The highest BCUT2D eigenvalue weighted by Crippen LogP contribution is 2.20. The smallest absolute Gasteiger partial charge is 0.269 e. The van der Waals surface area contributed by atoms with Crippen molar-refractivity contribution in [3.8, 4) is 0 Å². The van der Waals surface area contributed by atoms with E-state index >= 15 is 0 Å². The number of carbonyl (C=O) groups is 1. The zero-order valence-corrected chi connectivity index (χ0v) is 13.7. The van der Waals surface area contributed by atoms with Crippen molar-refractivity contribution in [3.05, 3.63) is 70.0 Å². The number of para-hydroxylation sites is 2. The van der Waals surface area contributed by atoms with Gasteiger partial charge in [-0.3, -0.25) is 14.9 Å². The van der Waals surface area contributed by atoms with E-state index in [1.54, 1.807) is 0 Å². The number of amides is 1. The topological polar surface area (TPSA) is 101 Å². The number of nitrogens with zero attached hydrogens (tertiary/aromatic N) is 2. The van der Waals surface area contributed by atoms with Crippen molar-refractivity contribution in [2.24, 2.45) is 0 Å². The second-order valence-corrected chi connectivity index (χ2v) is 5.76. The Morgan fingerprint density at radius 1 is 1.24 bits per heavy atom. The Morgan fingerprint density at radius 2 is 1.96 bits per heavy atom. The minimum absolute atomic E-state index is 0.0426. The highest BCUT2D eigenvalue weighted by Gasteiger charge is 2.19. The highest BCUT2D eigenvalue weighted by molar-refractivity contribution is 5.94. The molecule has 0 radical (unpaired) electrons. The molecule has 3 rings (SSSR count). The Labute approximate surface area is 144 Å². The van der Waals surface area contributed by atoms with Crippen LogP contribution in [0.2, 0.25) is 0 Å². The van der Waals surface area contributed by atoms with Crippen LogP contribution in [0, 0.1) is 10.1 Å². The first kappa shape index (κ1) is 16.6. The second kappa shape index (κ2) is 7.12. The summed E-state index contributed by atoms with van der Waals surface area (Å²) in [5.74, 6) is 0.423. The average Bonchev–Trinajstić information content (AvgIpc) is 3.05. The van der Waals surface area contributed by atoms with Crippen molar-refractivity contribution in [2.75, 3.05) is 0 Å². The van der Waals surface area contributed by atoms with E-state index in [9.17, 15) is 14.9 Å². The summed E-state index contributed by atoms with van der Waals surface area (Å²) in [6, 6.07) is 13.0. The lowest BCUT2D eigenvalue weighted by molar-refractivity contribution is -0.384. The van der Waals surface area contributed by atoms with E-state index in [1.165, 1.54) is 24.3 Å². The lowest BCUT2D eigenvalue weighted by Crippen LogP contribution is -2.29. The summed E-state index contributed by atoms with van der Waals surface area (Å²) >= 11 is 0. The van der Waals surface area contributed by atoms with E-state index < -0.39 is 4.92 Å². The number of fused-ring (bicyclic) bond motifs is 1. The number of H-pyrrole nitrogens is 1. The molecule has 128 valence electrons. The fraction of sp³-hybridized carbons (Fsp3) is 0.222. The first-order valence-electron chi connectivity index (χ1n) is 8.08. The number of hydrogen-bond acceptors (Lipinski definition) is 4. The third kappa shape index (κ3) is 3.65. The number of non-ortho nitro benzene ring substituents is 1. The Hall–Kier alpha value is -3.22. The molecule has 7 heteroatoms. The largest absolute Gasteiger partial charge is 0.342 e. The fourth-order valence-electron chi connectivity index (χ4n) is 2.68. The molecule has 1 heterocycles. The number of nitrogens with one attached hydrogen (secondary N) is 2. The van der Waals surface area contributed by atoms with Crippen molar-refractivity contribution in [2.45, 2.75) is 25.8 Å². The number of nitro benzene ring substituents is 1. The molecule has 1 aromatic heterocycles. The molecular weight excluding hydrogens is 320 g/mol. The molecule has 1 atom stereocenters. The van der Waals surface area contributed by atoms with Crippen molar-refractivity contribution in [1.82, 2.24) is 15.3 Å². The normalized spacial score (nSPS) is 12.0. The number of nitro groups is 1. The van der Waals surface area contributed by atoms with Crippen molar-refractivity contribution in [1.29, 1.82) is 0 Å². The van der Waals surface area contributed by atoms with E-state index in [0.717, 1.165) is 23.9 Å². The van der Waals surface area contributed by atoms with Crippen LogP contribution in [0.5, 0.6) is 0 Å². The van der Waals surface area contributed by atoms with Crippen LogP contribution in [0.4, 0.5) is 5.69 Å². The van der Waals surface area contributed by atoms with E-state index in [2.05, 4.69) is 15.3 Å². The van der Waals surface area contributed by atoms with E-state index in [1.807, 2.05) is 31.2 Å². The molecule has 0 fully saturated rings. The molecule has 0 spiro atoms. The second-order valence-electron chi connectivity index (χ2n) is 5.76. The van der Waals surface area contributed by atoms with Gasteiger partial charge in [0.2, 0.25) is 0 Å². The molecule has 0 saturated carbocycles. The summed E-state index contributed by atoms with van der Waals surface area (Å²) in [5.41, 5.74) is 2.10. The van der Waals surface area contributed by atoms with Gasteiger partial charge in [-0.05, 0) is 30.7 Å². The van der Waals surface area contributed by atoms with Crippen molar-refractivity contribution < 1.29 is 9.72 Å². The first-order chi connectivity index (χ1) is 12.1. The Morgan fingerprint density at radius 3 is 2.60 bits per heavy atom. The Balaban J connectivity index is 1.81. The van der Waals surface area contributed by atoms with Crippen LogP contribution in [0.3, 0.4) is 0 Å². The molecular formula is C18H18N4O3. The van der Waals surface area contributed by atoms with Gasteiger partial charge in [0.15, 0.2) is 0 Å². The summed E-state index contributed by atoms with van der Waals surface area (Å²) in [6.45, 7) is 2.04. The van der Waals surface area contributed by atoms with Gasteiger partial charge in [0, 0.05) is 17.7 Å². The molecule has 25 heavy (non-hydrogen) atoms. The Bertz CT molecular complexity index is 869. The summed E-state index contributed by atoms with van der Waals surface area (Å²) < 4.78 is 0. The zero-order chi connectivity index (χ0) is 17.8. The molecule has 7 nitrogen and oxygen atoms in total. The van der Waals surface area contributed by atoms with Crippen molar-refractivity contribution >= 4 is 22.6 Å². The van der Waals surface area contributed by atoms with Gasteiger partial charge >= 0.3 is 0 Å². The van der Waals surface area contributed by atoms with Crippen LogP contribution in [0.15, 0.2) is 48.5 Å². The molecule has 0 bridgehead atoms. The van der Waals surface area contributed by atoms with Gasteiger partial charge in [0.05, 0.1) is 22.0 Å². The first-order valence-corrected chi connectivity index (χ1v) is 8.08. The average molecular weight is 338 g/mol. The van der Waals surface area contributed by atoms with Crippen LogP contribution in [0.1, 0.15) is 42.0 Å². The maximum Gasteiger partial charge on any atom is 0.269 e. The maximum atomic E-state index is 12.5. The number of aromatic nitrogens is 2. The minimum Gasteiger partial charge on any atom is -0.342 e. The number of aromatic amines is 1. The monoisotopic (exact) mass is 338 g/mol. The number of rotatable bonds is 6. The summed E-state index contributed by atoms with van der Waals surface area (Å²) in [6.07, 6.45) is 1.61. The number of imidazole rings is 1. The van der Waals surface area contributed by atoms with Gasteiger partial charge in [-0.15, -0.1) is 0 Å². The minimum atomic E-state index is -0.490. The SMILES string of the molecule is CCC[C@@H](NC(=O)c1ccc([N+](=O)[O-])cc1)c1nc2ccccc2[nH]1. The number of benzene rings is 2. The molecule has 2 aromatic carbocycles. The third-order valence-electron chi connectivity index (χ3n) is 3.96. The zero-order valence-electron chi connectivity index (χ0n) is 13.7. The summed E-state index contributed by atoms with van der Waals surface area (Å²) in [7, 11) is 0. The fourth-order valence-corrected chi connectivity index (χ4v) is 2.68. The standard InChI is InChI=1S/C18H18N4O3/c1-2-5-16(17-19-14-6-3-4-7-15(14)20-17)21-18(23)12-8-10-13(11-9-12)22(24)25/h3-4,6-11,16H,2,5H2,1H3,(H,19,20)(H,21,23)/t16-/m1/s1. The van der Waals surface area contributed by atoms with Gasteiger partial charge in [-0.25, -0.2) is 4.98 Å². The molecule has 2 N–H and O–H groups in total. The molecule has 3 aromatic rings. The number of hydrogen-bond donors (Lipinski definition) is 2. The lowest BCUT2D eigenvalue weighted by atomic mass is 10.1. The quantitative estimate of drug-likeness (QED) is 0.528. The van der Waals surface area contributed by atoms with E-state index in [0.29, 0.717) is 11.4 Å². The predicted octanol–water partition coefficient (Wildman–Crippen LogP) is 3.74. The van der Waals surface area contributed by atoms with E-state index in [-0.39, 0.29) is 17.6 Å². The van der Waals surface area contributed by atoms with Crippen molar-refractivity contribution in [3.63, 3.8) is 0 Å². The van der Waals surface area contributed by atoms with Crippen LogP contribution in [0.25, 0.3) is 11.0 Å². The molecule has 1 amide bonds. The molecule has 0 aliphatic heterocycles. The molecule has 0 aliphatic rings. The van der Waals surface area contributed by atoms with Gasteiger partial charge < -0.3 is 10.3 Å². The van der Waals surface area contributed by atoms with E-state index in [4.69, 9.17) is 0 Å². The predicted molar refractivity (Wildman–Crippen MR) is 94.3 cm³/mol. The van der Waals surface area contributed by atoms with Crippen LogP contribution in [-0.2, 0) is 0 Å². The van der Waals surface area contributed by atoms with Crippen LogP contribution in [-0.4, -0.2) is 20.8 Å². The molecule has 0 unspecified atom stereocenters. The molecule has 0 aliphatic carbocycles. The van der Waals surface area contributed by atoms with Crippen LogP contribution < -0.4 is 5.32 Å². The van der Waals surface area contributed by atoms with Gasteiger partial charge in [-0.1, -0.05) is 25.5 Å². The third-order valence-corrected chi connectivity index (χ3v) is 3.96. The Kier molecular flexibility index (Phi) is 4.74. The number of carbonyl (C=O) groups excluding carboxylic acids is 1. The lowest BCUT2D eigenvalue weighted by Gasteiger charge is -2.16. The molecule has 0 saturated heterocycles. The van der Waals surface area contributed by atoms with Gasteiger partial charge in [0.25, 0.3) is 11.6 Å².